The Morgan fingerprint density at radius 1 is 1.30 bits per heavy atom. The van der Waals surface area contributed by atoms with Crippen molar-refractivity contribution in [1.82, 2.24) is 4.98 Å². The summed E-state index contributed by atoms with van der Waals surface area (Å²) >= 11 is 0. The van der Waals surface area contributed by atoms with Crippen molar-refractivity contribution < 1.29 is 9.53 Å². The van der Waals surface area contributed by atoms with Crippen molar-refractivity contribution in [3.05, 3.63) is 48.3 Å². The molecule has 20 heavy (non-hydrogen) atoms. The Kier molecular flexibility index (Phi) is 4.55. The zero-order valence-electron chi connectivity index (χ0n) is 11.5. The molecule has 0 bridgehead atoms. The van der Waals surface area contributed by atoms with Crippen molar-refractivity contribution >= 4 is 17.3 Å². The van der Waals surface area contributed by atoms with Gasteiger partial charge in [-0.3, -0.25) is 9.78 Å². The van der Waals surface area contributed by atoms with Crippen LogP contribution in [0.4, 0.5) is 11.4 Å². The number of rotatable bonds is 5. The summed E-state index contributed by atoms with van der Waals surface area (Å²) in [4.78, 5) is 15.3. The standard InChI is InChI=1S/C15H17N3O2/c1-11(19)18-14-7-6-12(9-15(14)20-2)17-10-13-5-3-4-8-16-13/h3-9,17H,10H2,1-2H3,(H,18,19). The number of carbonyl (C=O) groups is 1. The largest absolute Gasteiger partial charge is 0.494 e. The number of methoxy groups -OCH3 is 1. The second-order valence-electron chi connectivity index (χ2n) is 4.27. The molecule has 0 atom stereocenters. The summed E-state index contributed by atoms with van der Waals surface area (Å²) in [5.74, 6) is 0.490. The maximum Gasteiger partial charge on any atom is 0.221 e. The Morgan fingerprint density at radius 3 is 2.80 bits per heavy atom. The summed E-state index contributed by atoms with van der Waals surface area (Å²) in [6.07, 6.45) is 1.76. The molecule has 5 heteroatoms. The van der Waals surface area contributed by atoms with Gasteiger partial charge in [0.05, 0.1) is 25.0 Å². The number of anilines is 2. The molecule has 2 rings (SSSR count). The SMILES string of the molecule is COc1cc(NCc2ccccn2)ccc1NC(C)=O. The lowest BCUT2D eigenvalue weighted by Gasteiger charge is -2.12. The van der Waals surface area contributed by atoms with Crippen LogP contribution < -0.4 is 15.4 Å². The van der Waals surface area contributed by atoms with Gasteiger partial charge in [-0.2, -0.15) is 0 Å². The van der Waals surface area contributed by atoms with Crippen LogP contribution in [-0.4, -0.2) is 18.0 Å². The topological polar surface area (TPSA) is 63.2 Å². The van der Waals surface area contributed by atoms with Crippen molar-refractivity contribution in [2.75, 3.05) is 17.7 Å². The fraction of sp³-hybridized carbons (Fsp3) is 0.200. The van der Waals surface area contributed by atoms with E-state index in [9.17, 15) is 4.79 Å². The minimum absolute atomic E-state index is 0.127. The number of carbonyl (C=O) groups excluding carboxylic acids is 1. The van der Waals surface area contributed by atoms with Gasteiger partial charge >= 0.3 is 0 Å². The molecule has 104 valence electrons. The monoisotopic (exact) mass is 271 g/mol. The van der Waals surface area contributed by atoms with Gasteiger partial charge in [-0.25, -0.2) is 0 Å². The fourth-order valence-corrected chi connectivity index (χ4v) is 1.79. The molecule has 0 fully saturated rings. The highest BCUT2D eigenvalue weighted by Gasteiger charge is 2.05. The van der Waals surface area contributed by atoms with Crippen LogP contribution >= 0.6 is 0 Å². The van der Waals surface area contributed by atoms with E-state index in [2.05, 4.69) is 15.6 Å². The Balaban J connectivity index is 2.07. The highest BCUT2D eigenvalue weighted by atomic mass is 16.5. The Bertz CT molecular complexity index is 585. The average molecular weight is 271 g/mol. The summed E-state index contributed by atoms with van der Waals surface area (Å²) in [5.41, 5.74) is 2.52. The van der Waals surface area contributed by atoms with Crippen LogP contribution in [0.1, 0.15) is 12.6 Å². The Morgan fingerprint density at radius 2 is 2.15 bits per heavy atom. The van der Waals surface area contributed by atoms with Crippen molar-refractivity contribution in [3.63, 3.8) is 0 Å². The minimum atomic E-state index is -0.127. The van der Waals surface area contributed by atoms with Crippen LogP contribution in [0.5, 0.6) is 5.75 Å². The lowest BCUT2D eigenvalue weighted by atomic mass is 10.2. The van der Waals surface area contributed by atoms with E-state index in [1.54, 1.807) is 19.4 Å². The van der Waals surface area contributed by atoms with Gasteiger partial charge < -0.3 is 15.4 Å². The molecular formula is C15H17N3O2. The summed E-state index contributed by atoms with van der Waals surface area (Å²) in [5, 5.41) is 5.98. The molecule has 5 nitrogen and oxygen atoms in total. The van der Waals surface area contributed by atoms with E-state index in [-0.39, 0.29) is 5.91 Å². The highest BCUT2D eigenvalue weighted by molar-refractivity contribution is 5.90. The van der Waals surface area contributed by atoms with Crippen LogP contribution in [0, 0.1) is 0 Å². The average Bonchev–Trinajstić information content (AvgIpc) is 2.46. The third kappa shape index (κ3) is 3.71. The van der Waals surface area contributed by atoms with Gasteiger partial charge in [0.15, 0.2) is 0 Å². The second kappa shape index (κ2) is 6.56. The van der Waals surface area contributed by atoms with E-state index in [0.717, 1.165) is 11.4 Å². The quantitative estimate of drug-likeness (QED) is 0.877. The summed E-state index contributed by atoms with van der Waals surface area (Å²) in [6, 6.07) is 11.3. The molecule has 0 aliphatic carbocycles. The molecule has 0 spiro atoms. The van der Waals surface area contributed by atoms with Gasteiger partial charge in [0, 0.05) is 24.9 Å². The summed E-state index contributed by atoms with van der Waals surface area (Å²) < 4.78 is 5.27. The van der Waals surface area contributed by atoms with E-state index in [4.69, 9.17) is 4.74 Å². The van der Waals surface area contributed by atoms with Crippen LogP contribution in [-0.2, 0) is 11.3 Å². The van der Waals surface area contributed by atoms with E-state index in [0.29, 0.717) is 18.0 Å². The summed E-state index contributed by atoms with van der Waals surface area (Å²) in [6.45, 7) is 2.09. The fourth-order valence-electron chi connectivity index (χ4n) is 1.79. The molecule has 1 aromatic carbocycles. The van der Waals surface area contributed by atoms with Gasteiger partial charge in [0.25, 0.3) is 0 Å². The number of nitrogens with one attached hydrogen (secondary N) is 2. The van der Waals surface area contributed by atoms with Crippen molar-refractivity contribution in [1.29, 1.82) is 0 Å². The molecule has 0 unspecified atom stereocenters. The number of hydrogen-bond acceptors (Lipinski definition) is 4. The zero-order chi connectivity index (χ0) is 14.4. The number of amides is 1. The molecule has 0 aliphatic rings. The predicted octanol–water partition coefficient (Wildman–Crippen LogP) is 2.66. The number of benzene rings is 1. The van der Waals surface area contributed by atoms with E-state index >= 15 is 0 Å². The zero-order valence-corrected chi connectivity index (χ0v) is 11.5. The first-order valence-electron chi connectivity index (χ1n) is 6.28. The third-order valence-corrected chi connectivity index (χ3v) is 2.71. The number of hydrogen-bond donors (Lipinski definition) is 2. The van der Waals surface area contributed by atoms with E-state index in [1.165, 1.54) is 6.92 Å². The van der Waals surface area contributed by atoms with Crippen LogP contribution in [0.15, 0.2) is 42.6 Å². The number of nitrogens with zero attached hydrogens (tertiary/aromatic N) is 1. The molecule has 0 saturated heterocycles. The summed E-state index contributed by atoms with van der Waals surface area (Å²) in [7, 11) is 1.57. The molecule has 1 heterocycles. The number of pyridine rings is 1. The molecule has 0 saturated carbocycles. The smallest absolute Gasteiger partial charge is 0.221 e. The van der Waals surface area contributed by atoms with Gasteiger partial charge in [0.2, 0.25) is 5.91 Å². The first-order valence-corrected chi connectivity index (χ1v) is 6.28. The van der Waals surface area contributed by atoms with Gasteiger partial charge in [-0.05, 0) is 24.3 Å². The minimum Gasteiger partial charge on any atom is -0.494 e. The van der Waals surface area contributed by atoms with E-state index < -0.39 is 0 Å². The molecule has 0 aliphatic heterocycles. The first kappa shape index (κ1) is 13.9. The second-order valence-corrected chi connectivity index (χ2v) is 4.27. The number of ether oxygens (including phenoxy) is 1. The van der Waals surface area contributed by atoms with Crippen molar-refractivity contribution in [2.24, 2.45) is 0 Å². The highest BCUT2D eigenvalue weighted by Crippen LogP contribution is 2.28. The maximum atomic E-state index is 11.1. The molecule has 2 N–H and O–H groups in total. The molecule has 1 aromatic heterocycles. The van der Waals surface area contributed by atoms with Gasteiger partial charge in [0.1, 0.15) is 5.75 Å². The molecular weight excluding hydrogens is 254 g/mol. The third-order valence-electron chi connectivity index (χ3n) is 2.71. The van der Waals surface area contributed by atoms with Crippen molar-refractivity contribution in [2.45, 2.75) is 13.5 Å². The lowest BCUT2D eigenvalue weighted by molar-refractivity contribution is -0.114. The first-order chi connectivity index (χ1) is 9.69. The van der Waals surface area contributed by atoms with E-state index in [1.807, 2.05) is 30.3 Å². The van der Waals surface area contributed by atoms with Crippen LogP contribution in [0.25, 0.3) is 0 Å². The molecule has 2 aromatic rings. The Hall–Kier alpha value is -2.56. The van der Waals surface area contributed by atoms with Crippen LogP contribution in [0.3, 0.4) is 0 Å². The Labute approximate surface area is 118 Å². The normalized spacial score (nSPS) is 9.90. The number of aromatic nitrogens is 1. The van der Waals surface area contributed by atoms with Gasteiger partial charge in [-0.15, -0.1) is 0 Å². The lowest BCUT2D eigenvalue weighted by Crippen LogP contribution is -2.07. The maximum absolute atomic E-state index is 11.1. The molecule has 0 radical (unpaired) electrons. The van der Waals surface area contributed by atoms with Gasteiger partial charge in [-0.1, -0.05) is 6.07 Å². The molecule has 1 amide bonds. The van der Waals surface area contributed by atoms with Crippen molar-refractivity contribution in [3.8, 4) is 5.75 Å². The predicted molar refractivity (Wildman–Crippen MR) is 78.9 cm³/mol. The van der Waals surface area contributed by atoms with Crippen LogP contribution in [0.2, 0.25) is 0 Å².